The molecule has 4 atom stereocenters. The van der Waals surface area contributed by atoms with Crippen LogP contribution in [0.5, 0.6) is 0 Å². The van der Waals surface area contributed by atoms with Crippen molar-refractivity contribution in [3.8, 4) is 0 Å². The Morgan fingerprint density at radius 3 is 2.00 bits per heavy atom. The van der Waals surface area contributed by atoms with Gasteiger partial charge in [-0.1, -0.05) is 121 Å². The number of hydrogen-bond acceptors (Lipinski definition) is 1. The Morgan fingerprint density at radius 2 is 1.37 bits per heavy atom. The number of hydrogen-bond donors (Lipinski definition) is 1. The molecule has 0 heterocycles. The van der Waals surface area contributed by atoms with Gasteiger partial charge in [0.1, 0.15) is 0 Å². The minimum atomic E-state index is 0.746. The molecule has 0 aromatic rings. The molecular weight excluding hydrogens is 422 g/mol. The Balaban J connectivity index is 1.91. The van der Waals surface area contributed by atoms with Crippen molar-refractivity contribution >= 4 is 0 Å². The quantitative estimate of drug-likeness (QED) is 0.112. The van der Waals surface area contributed by atoms with Crippen LogP contribution >= 0.6 is 0 Å². The van der Waals surface area contributed by atoms with Gasteiger partial charge in [0.2, 0.25) is 0 Å². The molecule has 1 aliphatic rings. The zero-order valence-corrected chi connectivity index (χ0v) is 24.4. The van der Waals surface area contributed by atoms with Crippen LogP contribution in [0.25, 0.3) is 0 Å². The number of rotatable bonds is 23. The van der Waals surface area contributed by atoms with Crippen molar-refractivity contribution in [2.45, 2.75) is 155 Å². The van der Waals surface area contributed by atoms with Crippen molar-refractivity contribution in [3.05, 3.63) is 36.5 Å². The molecule has 4 unspecified atom stereocenters. The standard InChI is InChI=1S/C34H63N/c1-5-7-9-10-11-12-13-14-15-16-17-18-19-20-21-22-23-24-25-31(3)27-28-32-29-30-34(35-4)33(32)26-8-6-2/h6,8,11-12,14-15,31-35H,5,7,9-10,13,16-30H2,1-4H3/b8-6-,12-11-,15-14-. The van der Waals surface area contributed by atoms with Gasteiger partial charge in [-0.05, 0) is 89.5 Å². The molecule has 1 saturated carbocycles. The van der Waals surface area contributed by atoms with Crippen LogP contribution in [0, 0.1) is 17.8 Å². The maximum Gasteiger partial charge on any atom is 0.00980 e. The Labute approximate surface area is 221 Å². The SMILES string of the molecule is C/C=C\CC1C(CCC(C)CCCCCCCCCC/C=C\C/C=C\CCCCC)CCC1NC. The minimum absolute atomic E-state index is 0.746. The third kappa shape index (κ3) is 17.3. The monoisotopic (exact) mass is 485 g/mol. The molecular formula is C34H63N. The third-order valence-electron chi connectivity index (χ3n) is 8.41. The fourth-order valence-electron chi connectivity index (χ4n) is 5.99. The highest BCUT2D eigenvalue weighted by Crippen LogP contribution is 2.38. The number of nitrogens with one attached hydrogen (secondary N) is 1. The summed E-state index contributed by atoms with van der Waals surface area (Å²) in [6.07, 6.45) is 41.7. The second-order valence-corrected chi connectivity index (χ2v) is 11.5. The second-order valence-electron chi connectivity index (χ2n) is 11.5. The lowest BCUT2D eigenvalue weighted by atomic mass is 9.84. The maximum atomic E-state index is 3.59. The highest BCUT2D eigenvalue weighted by Gasteiger charge is 2.33. The number of unbranched alkanes of at least 4 members (excludes halogenated alkanes) is 11. The van der Waals surface area contributed by atoms with Crippen molar-refractivity contribution in [3.63, 3.8) is 0 Å². The predicted octanol–water partition coefficient (Wildman–Crippen LogP) is 11.0. The average molecular weight is 486 g/mol. The fraction of sp³-hybridized carbons (Fsp3) is 0.824. The summed E-state index contributed by atoms with van der Waals surface area (Å²) in [6, 6.07) is 0.746. The molecule has 0 spiro atoms. The minimum Gasteiger partial charge on any atom is -0.317 e. The Morgan fingerprint density at radius 1 is 0.743 bits per heavy atom. The summed E-state index contributed by atoms with van der Waals surface area (Å²) in [7, 11) is 2.16. The van der Waals surface area contributed by atoms with E-state index in [4.69, 9.17) is 0 Å². The van der Waals surface area contributed by atoms with Crippen LogP contribution in [0.1, 0.15) is 149 Å². The molecule has 1 rings (SSSR count). The van der Waals surface area contributed by atoms with E-state index >= 15 is 0 Å². The molecule has 0 aromatic heterocycles. The van der Waals surface area contributed by atoms with E-state index < -0.39 is 0 Å². The summed E-state index contributed by atoms with van der Waals surface area (Å²) < 4.78 is 0. The van der Waals surface area contributed by atoms with Crippen molar-refractivity contribution in [2.24, 2.45) is 17.8 Å². The first-order valence-corrected chi connectivity index (χ1v) is 15.8. The lowest BCUT2D eigenvalue weighted by Crippen LogP contribution is -2.31. The molecule has 35 heavy (non-hydrogen) atoms. The largest absolute Gasteiger partial charge is 0.317 e. The molecule has 1 nitrogen and oxygen atoms in total. The number of allylic oxidation sites excluding steroid dienone is 6. The van der Waals surface area contributed by atoms with Crippen LogP contribution in [0.3, 0.4) is 0 Å². The molecule has 1 heteroatoms. The Hall–Kier alpha value is -0.820. The third-order valence-corrected chi connectivity index (χ3v) is 8.41. The van der Waals surface area contributed by atoms with Gasteiger partial charge in [-0.2, -0.15) is 0 Å². The van der Waals surface area contributed by atoms with E-state index in [1.807, 2.05) is 0 Å². The van der Waals surface area contributed by atoms with E-state index in [1.54, 1.807) is 0 Å². The van der Waals surface area contributed by atoms with Crippen LogP contribution in [0.4, 0.5) is 0 Å². The van der Waals surface area contributed by atoms with Crippen LogP contribution in [0.15, 0.2) is 36.5 Å². The zero-order chi connectivity index (χ0) is 25.4. The highest BCUT2D eigenvalue weighted by molar-refractivity contribution is 4.94. The molecule has 0 radical (unpaired) electrons. The van der Waals surface area contributed by atoms with Crippen molar-refractivity contribution in [1.82, 2.24) is 5.32 Å². The lowest BCUT2D eigenvalue weighted by Gasteiger charge is -2.24. The molecule has 0 saturated heterocycles. The van der Waals surface area contributed by atoms with E-state index in [-0.39, 0.29) is 0 Å². The van der Waals surface area contributed by atoms with Gasteiger partial charge in [-0.25, -0.2) is 0 Å². The Kier molecular flexibility index (Phi) is 21.7. The van der Waals surface area contributed by atoms with Crippen LogP contribution in [0.2, 0.25) is 0 Å². The topological polar surface area (TPSA) is 12.0 Å². The van der Waals surface area contributed by atoms with E-state index in [0.717, 1.165) is 30.2 Å². The summed E-state index contributed by atoms with van der Waals surface area (Å²) in [5.41, 5.74) is 0. The molecule has 1 fully saturated rings. The van der Waals surface area contributed by atoms with Crippen LogP contribution < -0.4 is 5.32 Å². The van der Waals surface area contributed by atoms with E-state index in [1.165, 1.54) is 122 Å². The molecule has 0 aromatic carbocycles. The van der Waals surface area contributed by atoms with Crippen LogP contribution in [-0.2, 0) is 0 Å². The van der Waals surface area contributed by atoms with Gasteiger partial charge in [0.05, 0.1) is 0 Å². The van der Waals surface area contributed by atoms with Crippen LogP contribution in [-0.4, -0.2) is 13.1 Å². The van der Waals surface area contributed by atoms with E-state index in [2.05, 4.69) is 69.6 Å². The van der Waals surface area contributed by atoms with Gasteiger partial charge in [-0.15, -0.1) is 0 Å². The van der Waals surface area contributed by atoms with Gasteiger partial charge in [0.15, 0.2) is 0 Å². The molecule has 0 bridgehead atoms. The van der Waals surface area contributed by atoms with Crippen molar-refractivity contribution in [2.75, 3.05) is 7.05 Å². The average Bonchev–Trinajstić information content (AvgIpc) is 3.27. The maximum absolute atomic E-state index is 3.59. The summed E-state index contributed by atoms with van der Waals surface area (Å²) in [6.45, 7) is 6.94. The van der Waals surface area contributed by atoms with E-state index in [0.29, 0.717) is 0 Å². The summed E-state index contributed by atoms with van der Waals surface area (Å²) >= 11 is 0. The van der Waals surface area contributed by atoms with Crippen molar-refractivity contribution < 1.29 is 0 Å². The molecule has 0 aliphatic heterocycles. The van der Waals surface area contributed by atoms with Gasteiger partial charge in [0.25, 0.3) is 0 Å². The normalized spacial score (nSPS) is 21.8. The molecule has 1 N–H and O–H groups in total. The Bertz CT molecular complexity index is 531. The fourth-order valence-corrected chi connectivity index (χ4v) is 5.99. The predicted molar refractivity (Wildman–Crippen MR) is 160 cm³/mol. The summed E-state index contributed by atoms with van der Waals surface area (Å²) in [5.74, 6) is 2.72. The smallest absolute Gasteiger partial charge is 0.00980 e. The lowest BCUT2D eigenvalue weighted by molar-refractivity contribution is 0.296. The van der Waals surface area contributed by atoms with Gasteiger partial charge < -0.3 is 5.32 Å². The summed E-state index contributed by atoms with van der Waals surface area (Å²) in [4.78, 5) is 0. The zero-order valence-electron chi connectivity index (χ0n) is 24.4. The van der Waals surface area contributed by atoms with Crippen molar-refractivity contribution in [1.29, 1.82) is 0 Å². The second kappa shape index (κ2) is 23.6. The first-order valence-electron chi connectivity index (χ1n) is 15.8. The summed E-state index contributed by atoms with van der Waals surface area (Å²) in [5, 5.41) is 3.59. The molecule has 204 valence electrons. The first-order chi connectivity index (χ1) is 17.2. The van der Waals surface area contributed by atoms with Gasteiger partial charge >= 0.3 is 0 Å². The molecule has 0 amide bonds. The molecule has 1 aliphatic carbocycles. The van der Waals surface area contributed by atoms with E-state index in [9.17, 15) is 0 Å². The van der Waals surface area contributed by atoms with Gasteiger partial charge in [0, 0.05) is 6.04 Å². The van der Waals surface area contributed by atoms with Gasteiger partial charge in [-0.3, -0.25) is 0 Å². The highest BCUT2D eigenvalue weighted by atomic mass is 14.9. The first kappa shape index (κ1) is 32.2.